The van der Waals surface area contributed by atoms with E-state index in [1.807, 2.05) is 30.3 Å². The number of aromatic nitrogens is 2. The maximum Gasteiger partial charge on any atom is 0.176 e. The summed E-state index contributed by atoms with van der Waals surface area (Å²) in [5.74, 6) is 1.54. The van der Waals surface area contributed by atoms with Gasteiger partial charge in [-0.1, -0.05) is 24.3 Å². The highest BCUT2D eigenvalue weighted by Gasteiger charge is 2.22. The number of nitrogens with one attached hydrogen (secondary N) is 1. The van der Waals surface area contributed by atoms with Crippen LogP contribution in [0.4, 0.5) is 23.0 Å². The van der Waals surface area contributed by atoms with Crippen molar-refractivity contribution in [2.45, 2.75) is 0 Å². The first kappa shape index (κ1) is 11.7. The van der Waals surface area contributed by atoms with Crippen LogP contribution < -0.4 is 10.2 Å². The second-order valence-electron chi connectivity index (χ2n) is 4.14. The first-order valence-electron chi connectivity index (χ1n) is 6.10. The minimum Gasteiger partial charge on any atom is -0.392 e. The Morgan fingerprint density at radius 3 is 2.89 bits per heavy atom. The molecule has 5 heteroatoms. The van der Waals surface area contributed by atoms with Crippen LogP contribution in [0.1, 0.15) is 0 Å². The van der Waals surface area contributed by atoms with Gasteiger partial charge in [-0.25, -0.2) is 9.97 Å². The highest BCUT2D eigenvalue weighted by atomic mass is 16.2. The number of para-hydroxylation sites is 2. The maximum atomic E-state index is 8.84. The van der Waals surface area contributed by atoms with Gasteiger partial charge in [-0.05, 0) is 12.1 Å². The number of benzene rings is 1. The van der Waals surface area contributed by atoms with E-state index in [4.69, 9.17) is 5.11 Å². The molecule has 5 nitrogen and oxygen atoms in total. The van der Waals surface area contributed by atoms with Gasteiger partial charge in [0.05, 0.1) is 18.0 Å². The van der Waals surface area contributed by atoms with Gasteiger partial charge in [0, 0.05) is 18.9 Å². The molecule has 1 aromatic carbocycles. The molecular formula is C14H14N4O. The van der Waals surface area contributed by atoms with Crippen molar-refractivity contribution in [3.8, 4) is 0 Å². The van der Waals surface area contributed by atoms with E-state index in [0.717, 1.165) is 23.0 Å². The summed E-state index contributed by atoms with van der Waals surface area (Å²) in [6.45, 7) is 0.687. The van der Waals surface area contributed by atoms with Crippen molar-refractivity contribution < 1.29 is 5.11 Å². The molecule has 1 aliphatic heterocycles. The normalized spacial score (nSPS) is 13.0. The van der Waals surface area contributed by atoms with Crippen molar-refractivity contribution in [1.29, 1.82) is 0 Å². The first-order chi connectivity index (χ1) is 9.40. The molecule has 0 bridgehead atoms. The SMILES string of the molecule is OCC=CCN1c2ccccc2Nc2nccnc21. The van der Waals surface area contributed by atoms with Gasteiger partial charge in [-0.3, -0.25) is 0 Å². The Morgan fingerprint density at radius 1 is 1.16 bits per heavy atom. The zero-order valence-corrected chi connectivity index (χ0v) is 10.3. The smallest absolute Gasteiger partial charge is 0.176 e. The molecule has 0 aliphatic carbocycles. The molecule has 0 atom stereocenters. The topological polar surface area (TPSA) is 61.3 Å². The van der Waals surface area contributed by atoms with Crippen LogP contribution in [-0.2, 0) is 0 Å². The molecule has 0 saturated heterocycles. The summed E-state index contributed by atoms with van der Waals surface area (Å²) in [6, 6.07) is 8.02. The Bertz CT molecular complexity index is 566. The number of anilines is 4. The lowest BCUT2D eigenvalue weighted by atomic mass is 10.2. The zero-order chi connectivity index (χ0) is 13.1. The molecule has 3 rings (SSSR count). The molecule has 1 aliphatic rings. The van der Waals surface area contributed by atoms with Crippen LogP contribution >= 0.6 is 0 Å². The van der Waals surface area contributed by atoms with Crippen LogP contribution in [0.25, 0.3) is 0 Å². The fourth-order valence-electron chi connectivity index (χ4n) is 2.11. The van der Waals surface area contributed by atoms with Crippen molar-refractivity contribution in [3.05, 3.63) is 48.8 Å². The molecular weight excluding hydrogens is 240 g/mol. The molecule has 96 valence electrons. The molecule has 19 heavy (non-hydrogen) atoms. The van der Waals surface area contributed by atoms with Crippen molar-refractivity contribution in [2.75, 3.05) is 23.4 Å². The van der Waals surface area contributed by atoms with Crippen LogP contribution in [0.3, 0.4) is 0 Å². The Morgan fingerprint density at radius 2 is 2.00 bits per heavy atom. The van der Waals surface area contributed by atoms with E-state index in [1.165, 1.54) is 0 Å². The standard InChI is InChI=1S/C14H14N4O/c19-10-4-3-9-18-12-6-2-1-5-11(12)17-13-14(18)16-8-7-15-13/h1-8,19H,9-10H2,(H,15,17). The Balaban J connectivity index is 2.03. The Hall–Kier alpha value is -2.40. The fourth-order valence-corrected chi connectivity index (χ4v) is 2.11. The number of nitrogens with zero attached hydrogens (tertiary/aromatic N) is 3. The largest absolute Gasteiger partial charge is 0.392 e. The number of hydrogen-bond acceptors (Lipinski definition) is 5. The van der Waals surface area contributed by atoms with Crippen LogP contribution in [-0.4, -0.2) is 28.2 Å². The highest BCUT2D eigenvalue weighted by molar-refractivity contribution is 5.88. The molecule has 2 aromatic rings. The van der Waals surface area contributed by atoms with Gasteiger partial charge in [-0.2, -0.15) is 0 Å². The summed E-state index contributed by atoms with van der Waals surface area (Å²) in [4.78, 5) is 10.8. The van der Waals surface area contributed by atoms with Gasteiger partial charge >= 0.3 is 0 Å². The average Bonchev–Trinajstić information content (AvgIpc) is 2.46. The van der Waals surface area contributed by atoms with Crippen molar-refractivity contribution >= 4 is 23.0 Å². The predicted octanol–water partition coefficient (Wildman–Crippen LogP) is 2.22. The number of hydrogen-bond donors (Lipinski definition) is 2. The van der Waals surface area contributed by atoms with Crippen LogP contribution in [0.5, 0.6) is 0 Å². The molecule has 0 saturated carbocycles. The summed E-state index contributed by atoms with van der Waals surface area (Å²) in [6.07, 6.45) is 6.99. The summed E-state index contributed by atoms with van der Waals surface area (Å²) in [7, 11) is 0. The number of rotatable bonds is 3. The zero-order valence-electron chi connectivity index (χ0n) is 10.3. The Kier molecular flexibility index (Phi) is 3.12. The molecule has 2 N–H and O–H groups in total. The van der Waals surface area contributed by atoms with Gasteiger partial charge in [0.25, 0.3) is 0 Å². The highest BCUT2D eigenvalue weighted by Crippen LogP contribution is 2.40. The van der Waals surface area contributed by atoms with Crippen LogP contribution in [0, 0.1) is 0 Å². The van der Waals surface area contributed by atoms with Gasteiger partial charge in [0.2, 0.25) is 0 Å². The second-order valence-corrected chi connectivity index (χ2v) is 4.14. The van der Waals surface area contributed by atoms with E-state index in [2.05, 4.69) is 20.2 Å². The van der Waals surface area contributed by atoms with E-state index >= 15 is 0 Å². The van der Waals surface area contributed by atoms with Gasteiger partial charge < -0.3 is 15.3 Å². The first-order valence-corrected chi connectivity index (χ1v) is 6.10. The van der Waals surface area contributed by atoms with E-state index in [9.17, 15) is 0 Å². The molecule has 0 amide bonds. The van der Waals surface area contributed by atoms with Crippen LogP contribution in [0.2, 0.25) is 0 Å². The summed E-state index contributed by atoms with van der Waals surface area (Å²) in [5.41, 5.74) is 2.06. The maximum absolute atomic E-state index is 8.84. The summed E-state index contributed by atoms with van der Waals surface area (Å²) in [5, 5.41) is 12.1. The number of aliphatic hydroxyl groups excluding tert-OH is 1. The van der Waals surface area contributed by atoms with E-state index in [1.54, 1.807) is 18.5 Å². The quantitative estimate of drug-likeness (QED) is 0.822. The third kappa shape index (κ3) is 2.15. The molecule has 2 heterocycles. The third-order valence-corrected chi connectivity index (χ3v) is 2.94. The lowest BCUT2D eigenvalue weighted by Crippen LogP contribution is -2.24. The lowest BCUT2D eigenvalue weighted by Gasteiger charge is -2.30. The van der Waals surface area contributed by atoms with E-state index < -0.39 is 0 Å². The molecule has 0 spiro atoms. The van der Waals surface area contributed by atoms with Crippen molar-refractivity contribution in [1.82, 2.24) is 9.97 Å². The Labute approximate surface area is 111 Å². The summed E-state index contributed by atoms with van der Waals surface area (Å²) >= 11 is 0. The second kappa shape index (κ2) is 5.07. The molecule has 0 unspecified atom stereocenters. The van der Waals surface area contributed by atoms with E-state index in [0.29, 0.717) is 6.54 Å². The molecule has 0 fully saturated rings. The molecule has 0 radical (unpaired) electrons. The van der Waals surface area contributed by atoms with E-state index in [-0.39, 0.29) is 6.61 Å². The van der Waals surface area contributed by atoms with Crippen LogP contribution in [0.15, 0.2) is 48.8 Å². The third-order valence-electron chi connectivity index (χ3n) is 2.94. The van der Waals surface area contributed by atoms with Crippen molar-refractivity contribution in [2.24, 2.45) is 0 Å². The van der Waals surface area contributed by atoms with Gasteiger partial charge in [-0.15, -0.1) is 0 Å². The minimum atomic E-state index is 0.0427. The summed E-state index contributed by atoms with van der Waals surface area (Å²) < 4.78 is 0. The monoisotopic (exact) mass is 254 g/mol. The minimum absolute atomic E-state index is 0.0427. The molecule has 1 aromatic heterocycles. The van der Waals surface area contributed by atoms with Crippen molar-refractivity contribution in [3.63, 3.8) is 0 Å². The lowest BCUT2D eigenvalue weighted by molar-refractivity contribution is 0.342. The number of aliphatic hydroxyl groups is 1. The van der Waals surface area contributed by atoms with Gasteiger partial charge in [0.1, 0.15) is 0 Å². The average molecular weight is 254 g/mol. The fraction of sp³-hybridized carbons (Fsp3) is 0.143. The van der Waals surface area contributed by atoms with Gasteiger partial charge in [0.15, 0.2) is 11.6 Å². The number of fused-ring (bicyclic) bond motifs is 2. The predicted molar refractivity (Wildman–Crippen MR) is 75.0 cm³/mol.